The second-order valence-corrected chi connectivity index (χ2v) is 5.27. The molecule has 0 saturated carbocycles. The van der Waals surface area contributed by atoms with Gasteiger partial charge in [-0.1, -0.05) is 86.2 Å². The summed E-state index contributed by atoms with van der Waals surface area (Å²) in [6.45, 7) is 7.93. The maximum atomic E-state index is 3.49. The Morgan fingerprint density at radius 3 is 1.73 bits per heavy atom. The molecule has 0 amide bonds. The summed E-state index contributed by atoms with van der Waals surface area (Å²) < 4.78 is 0. The van der Waals surface area contributed by atoms with Crippen molar-refractivity contribution in [1.82, 2.24) is 5.32 Å². The summed E-state index contributed by atoms with van der Waals surface area (Å²) in [7, 11) is 0. The Kier molecular flexibility index (Phi) is 6.17. The van der Waals surface area contributed by atoms with E-state index in [1.807, 2.05) is 13.8 Å². The average Bonchev–Trinajstić information content (AvgIpc) is 2.51. The highest BCUT2D eigenvalue weighted by atomic mass is 14.8. The molecule has 1 N–H and O–H groups in total. The minimum atomic E-state index is 0.906. The zero-order chi connectivity index (χ0) is 15.8. The number of hydrogen-bond acceptors (Lipinski definition) is 1. The Balaban J connectivity index is 0.000000847. The molecular formula is C21H25N. The van der Waals surface area contributed by atoms with E-state index in [0.717, 1.165) is 13.1 Å². The summed E-state index contributed by atoms with van der Waals surface area (Å²) in [5, 5.41) is 3.49. The van der Waals surface area contributed by atoms with Crippen molar-refractivity contribution in [1.29, 1.82) is 0 Å². The SMILES string of the molecule is CC.Cc1ccc(CNCc2ccc(C3=CC=C3)cc2)cc1. The molecule has 2 aromatic rings. The summed E-state index contributed by atoms with van der Waals surface area (Å²) in [5.74, 6) is 0. The van der Waals surface area contributed by atoms with Crippen LogP contribution < -0.4 is 5.32 Å². The second kappa shape index (κ2) is 8.35. The molecule has 3 rings (SSSR count). The lowest BCUT2D eigenvalue weighted by atomic mass is 9.98. The predicted molar refractivity (Wildman–Crippen MR) is 96.6 cm³/mol. The van der Waals surface area contributed by atoms with Crippen molar-refractivity contribution in [2.45, 2.75) is 33.9 Å². The van der Waals surface area contributed by atoms with Crippen molar-refractivity contribution < 1.29 is 0 Å². The molecule has 1 aliphatic rings. The third kappa shape index (κ3) is 4.44. The quantitative estimate of drug-likeness (QED) is 0.792. The highest BCUT2D eigenvalue weighted by molar-refractivity contribution is 5.80. The maximum absolute atomic E-state index is 3.49. The summed E-state index contributed by atoms with van der Waals surface area (Å²) >= 11 is 0. The smallest absolute Gasteiger partial charge is 0.0208 e. The minimum Gasteiger partial charge on any atom is -0.309 e. The molecule has 0 aromatic heterocycles. The van der Waals surface area contributed by atoms with Crippen LogP contribution in [0.15, 0.2) is 66.8 Å². The topological polar surface area (TPSA) is 12.0 Å². The van der Waals surface area contributed by atoms with E-state index in [9.17, 15) is 0 Å². The van der Waals surface area contributed by atoms with Gasteiger partial charge in [-0.2, -0.15) is 0 Å². The highest BCUT2D eigenvalue weighted by Gasteiger charge is 2.02. The maximum Gasteiger partial charge on any atom is 0.0208 e. The molecule has 2 aromatic carbocycles. The van der Waals surface area contributed by atoms with Gasteiger partial charge in [0.1, 0.15) is 0 Å². The van der Waals surface area contributed by atoms with Crippen molar-refractivity contribution >= 4 is 5.57 Å². The van der Waals surface area contributed by atoms with Crippen LogP contribution in [0.3, 0.4) is 0 Å². The van der Waals surface area contributed by atoms with Crippen molar-refractivity contribution in [2.24, 2.45) is 0 Å². The average molecular weight is 291 g/mol. The number of allylic oxidation sites excluding steroid dienone is 4. The van der Waals surface area contributed by atoms with Crippen LogP contribution in [0.25, 0.3) is 5.57 Å². The second-order valence-electron chi connectivity index (χ2n) is 5.27. The molecule has 1 nitrogen and oxygen atoms in total. The van der Waals surface area contributed by atoms with Crippen LogP contribution in [-0.4, -0.2) is 0 Å². The van der Waals surface area contributed by atoms with Crippen LogP contribution in [0.1, 0.15) is 36.1 Å². The number of aryl methyl sites for hydroxylation is 1. The van der Waals surface area contributed by atoms with Gasteiger partial charge >= 0.3 is 0 Å². The fourth-order valence-corrected chi connectivity index (χ4v) is 2.26. The molecule has 0 radical (unpaired) electrons. The first-order valence-electron chi connectivity index (χ1n) is 8.05. The molecule has 0 fully saturated rings. The Labute approximate surface area is 134 Å². The molecule has 1 aliphatic carbocycles. The third-order valence-electron chi connectivity index (χ3n) is 3.62. The Morgan fingerprint density at radius 1 is 0.773 bits per heavy atom. The van der Waals surface area contributed by atoms with Gasteiger partial charge in [0, 0.05) is 13.1 Å². The highest BCUT2D eigenvalue weighted by Crippen LogP contribution is 2.22. The summed E-state index contributed by atoms with van der Waals surface area (Å²) in [4.78, 5) is 0. The lowest BCUT2D eigenvalue weighted by Crippen LogP contribution is -2.12. The lowest BCUT2D eigenvalue weighted by molar-refractivity contribution is 0.693. The Morgan fingerprint density at radius 2 is 1.27 bits per heavy atom. The summed E-state index contributed by atoms with van der Waals surface area (Å²) in [5.41, 5.74) is 6.59. The molecule has 22 heavy (non-hydrogen) atoms. The largest absolute Gasteiger partial charge is 0.309 e. The van der Waals surface area contributed by atoms with Crippen LogP contribution in [0.4, 0.5) is 0 Å². The Hall–Kier alpha value is -2.12. The zero-order valence-corrected chi connectivity index (χ0v) is 13.8. The van der Waals surface area contributed by atoms with Crippen LogP contribution in [0.5, 0.6) is 0 Å². The van der Waals surface area contributed by atoms with Crippen LogP contribution >= 0.6 is 0 Å². The molecule has 0 saturated heterocycles. The van der Waals surface area contributed by atoms with Gasteiger partial charge in [-0.15, -0.1) is 0 Å². The first-order chi connectivity index (χ1) is 10.8. The van der Waals surface area contributed by atoms with Gasteiger partial charge in [-0.25, -0.2) is 0 Å². The summed E-state index contributed by atoms with van der Waals surface area (Å²) in [6, 6.07) is 17.5. The van der Waals surface area contributed by atoms with Gasteiger partial charge in [0.15, 0.2) is 0 Å². The van der Waals surface area contributed by atoms with Gasteiger partial charge in [-0.05, 0) is 29.2 Å². The lowest BCUT2D eigenvalue weighted by Gasteiger charge is -2.09. The van der Waals surface area contributed by atoms with E-state index in [2.05, 4.69) is 79.0 Å². The van der Waals surface area contributed by atoms with E-state index >= 15 is 0 Å². The van der Waals surface area contributed by atoms with Gasteiger partial charge in [0.2, 0.25) is 0 Å². The normalized spacial score (nSPS) is 12.0. The van der Waals surface area contributed by atoms with Crippen LogP contribution in [0.2, 0.25) is 0 Å². The predicted octanol–water partition coefficient (Wildman–Crippen LogP) is 5.26. The van der Waals surface area contributed by atoms with Crippen LogP contribution in [0, 0.1) is 6.92 Å². The van der Waals surface area contributed by atoms with Gasteiger partial charge in [0.05, 0.1) is 0 Å². The molecule has 114 valence electrons. The van der Waals surface area contributed by atoms with E-state index in [-0.39, 0.29) is 0 Å². The molecule has 0 aliphatic heterocycles. The molecule has 0 unspecified atom stereocenters. The van der Waals surface area contributed by atoms with Gasteiger partial charge < -0.3 is 5.32 Å². The number of rotatable bonds is 5. The van der Waals surface area contributed by atoms with Gasteiger partial charge in [0.25, 0.3) is 0 Å². The van der Waals surface area contributed by atoms with Crippen molar-refractivity contribution in [3.63, 3.8) is 0 Å². The molecule has 0 bridgehead atoms. The standard InChI is InChI=1S/C19H19N.C2H6/c1-15-5-7-16(8-6-15)13-20-14-17-9-11-19(12-10-17)18-3-2-4-18;1-2/h2-12,20H,13-14H2,1H3;1-2H3. The zero-order valence-electron chi connectivity index (χ0n) is 13.8. The molecule has 1 heteroatoms. The molecule has 0 atom stereocenters. The van der Waals surface area contributed by atoms with Crippen molar-refractivity contribution in [3.05, 3.63) is 89.0 Å². The molecule has 0 spiro atoms. The number of nitrogens with one attached hydrogen (secondary N) is 1. The fourth-order valence-electron chi connectivity index (χ4n) is 2.26. The van der Waals surface area contributed by atoms with Crippen molar-refractivity contribution in [2.75, 3.05) is 0 Å². The third-order valence-corrected chi connectivity index (χ3v) is 3.62. The van der Waals surface area contributed by atoms with E-state index in [1.54, 1.807) is 0 Å². The van der Waals surface area contributed by atoms with E-state index in [0.29, 0.717) is 0 Å². The minimum absolute atomic E-state index is 0.906. The van der Waals surface area contributed by atoms with Gasteiger partial charge in [-0.3, -0.25) is 0 Å². The number of benzene rings is 2. The summed E-state index contributed by atoms with van der Waals surface area (Å²) in [6.07, 6.45) is 6.36. The van der Waals surface area contributed by atoms with Crippen molar-refractivity contribution in [3.8, 4) is 0 Å². The molecule has 0 heterocycles. The first-order valence-corrected chi connectivity index (χ1v) is 8.05. The molecular weight excluding hydrogens is 266 g/mol. The van der Waals surface area contributed by atoms with E-state index in [1.165, 1.54) is 27.8 Å². The fraction of sp³-hybridized carbons (Fsp3) is 0.238. The first kappa shape index (κ1) is 16.3. The Bertz CT molecular complexity index is 631. The monoisotopic (exact) mass is 291 g/mol. The van der Waals surface area contributed by atoms with E-state index in [4.69, 9.17) is 0 Å². The number of hydrogen-bond donors (Lipinski definition) is 1. The van der Waals surface area contributed by atoms with E-state index < -0.39 is 0 Å². The van der Waals surface area contributed by atoms with Crippen LogP contribution in [-0.2, 0) is 13.1 Å².